The van der Waals surface area contributed by atoms with Crippen LogP contribution in [0.5, 0.6) is 17.2 Å². The van der Waals surface area contributed by atoms with Gasteiger partial charge in [0, 0.05) is 12.2 Å². The van der Waals surface area contributed by atoms with Gasteiger partial charge in [-0.3, -0.25) is 4.79 Å². The number of hydrogen-bond donors (Lipinski definition) is 0. The number of carbonyl (C=O) groups excluding carboxylic acids is 1. The standard InChI is InChI=1S/C13H18O5/c1-4-17-5-6-18-13-11(15-2)7-10(9-14)8-12(13)16-3/h7-9H,4-6H2,1-3H3. The Balaban J connectivity index is 2.89. The van der Waals surface area contributed by atoms with Crippen molar-refractivity contribution in [2.24, 2.45) is 0 Å². The van der Waals surface area contributed by atoms with Crippen molar-refractivity contribution >= 4 is 6.29 Å². The molecule has 0 aliphatic rings. The molecule has 0 atom stereocenters. The molecule has 0 saturated heterocycles. The van der Waals surface area contributed by atoms with Crippen molar-refractivity contribution in [2.75, 3.05) is 34.0 Å². The molecule has 5 nitrogen and oxygen atoms in total. The number of benzene rings is 1. The van der Waals surface area contributed by atoms with Crippen LogP contribution in [0.2, 0.25) is 0 Å². The second-order valence-electron chi connectivity index (χ2n) is 3.42. The van der Waals surface area contributed by atoms with Crippen LogP contribution >= 0.6 is 0 Å². The van der Waals surface area contributed by atoms with Gasteiger partial charge in [0.2, 0.25) is 5.75 Å². The van der Waals surface area contributed by atoms with Crippen molar-refractivity contribution in [3.8, 4) is 17.2 Å². The summed E-state index contributed by atoms with van der Waals surface area (Å²) in [4.78, 5) is 10.8. The van der Waals surface area contributed by atoms with Crippen LogP contribution in [0.15, 0.2) is 12.1 Å². The fourth-order valence-electron chi connectivity index (χ4n) is 1.46. The number of aldehydes is 1. The van der Waals surface area contributed by atoms with Crippen LogP contribution in [-0.4, -0.2) is 40.3 Å². The molecule has 1 aromatic carbocycles. The Labute approximate surface area is 107 Å². The molecular formula is C13H18O5. The van der Waals surface area contributed by atoms with Crippen LogP contribution in [0, 0.1) is 0 Å². The monoisotopic (exact) mass is 254 g/mol. The molecule has 0 unspecified atom stereocenters. The van der Waals surface area contributed by atoms with Crippen LogP contribution in [-0.2, 0) is 4.74 Å². The van der Waals surface area contributed by atoms with Crippen molar-refractivity contribution in [1.82, 2.24) is 0 Å². The summed E-state index contributed by atoms with van der Waals surface area (Å²) >= 11 is 0. The summed E-state index contributed by atoms with van der Waals surface area (Å²) in [6.45, 7) is 3.43. The van der Waals surface area contributed by atoms with Gasteiger partial charge in [-0.15, -0.1) is 0 Å². The second kappa shape index (κ2) is 7.55. The molecule has 100 valence electrons. The third-order valence-electron chi connectivity index (χ3n) is 2.30. The molecule has 0 saturated carbocycles. The lowest BCUT2D eigenvalue weighted by molar-refractivity contribution is 0.107. The highest BCUT2D eigenvalue weighted by Crippen LogP contribution is 2.38. The van der Waals surface area contributed by atoms with Gasteiger partial charge in [0.25, 0.3) is 0 Å². The van der Waals surface area contributed by atoms with E-state index < -0.39 is 0 Å². The molecule has 1 rings (SSSR count). The summed E-state index contributed by atoms with van der Waals surface area (Å²) < 4.78 is 21.1. The molecule has 18 heavy (non-hydrogen) atoms. The van der Waals surface area contributed by atoms with Gasteiger partial charge in [-0.1, -0.05) is 0 Å². The van der Waals surface area contributed by atoms with Crippen LogP contribution in [0.25, 0.3) is 0 Å². The van der Waals surface area contributed by atoms with Crippen molar-refractivity contribution in [2.45, 2.75) is 6.92 Å². The highest BCUT2D eigenvalue weighted by Gasteiger charge is 2.13. The number of ether oxygens (including phenoxy) is 4. The van der Waals surface area contributed by atoms with Gasteiger partial charge in [-0.2, -0.15) is 0 Å². The highest BCUT2D eigenvalue weighted by atomic mass is 16.6. The van der Waals surface area contributed by atoms with E-state index in [0.717, 1.165) is 6.29 Å². The maximum Gasteiger partial charge on any atom is 0.203 e. The summed E-state index contributed by atoms with van der Waals surface area (Å²) in [5.41, 5.74) is 0.473. The van der Waals surface area contributed by atoms with Gasteiger partial charge in [0.05, 0.1) is 20.8 Å². The minimum Gasteiger partial charge on any atom is -0.493 e. The van der Waals surface area contributed by atoms with E-state index in [2.05, 4.69) is 0 Å². The highest BCUT2D eigenvalue weighted by molar-refractivity contribution is 5.78. The predicted octanol–water partition coefficient (Wildman–Crippen LogP) is 1.93. The molecule has 0 fully saturated rings. The van der Waals surface area contributed by atoms with E-state index in [1.54, 1.807) is 12.1 Å². The zero-order valence-electron chi connectivity index (χ0n) is 10.9. The molecule has 0 aromatic heterocycles. The van der Waals surface area contributed by atoms with E-state index in [1.807, 2.05) is 6.92 Å². The van der Waals surface area contributed by atoms with Gasteiger partial charge in [-0.25, -0.2) is 0 Å². The first-order valence-corrected chi connectivity index (χ1v) is 5.68. The molecule has 0 heterocycles. The van der Waals surface area contributed by atoms with E-state index in [4.69, 9.17) is 18.9 Å². The lowest BCUT2D eigenvalue weighted by Gasteiger charge is -2.14. The van der Waals surface area contributed by atoms with Crippen molar-refractivity contribution in [3.05, 3.63) is 17.7 Å². The summed E-state index contributed by atoms with van der Waals surface area (Å²) in [5, 5.41) is 0. The molecule has 5 heteroatoms. The van der Waals surface area contributed by atoms with Gasteiger partial charge in [-0.05, 0) is 19.1 Å². The molecule has 0 aliphatic heterocycles. The average molecular weight is 254 g/mol. The van der Waals surface area contributed by atoms with E-state index in [1.165, 1.54) is 14.2 Å². The van der Waals surface area contributed by atoms with Crippen molar-refractivity contribution in [1.29, 1.82) is 0 Å². The van der Waals surface area contributed by atoms with Gasteiger partial charge in [0.15, 0.2) is 11.5 Å². The predicted molar refractivity (Wildman–Crippen MR) is 66.9 cm³/mol. The topological polar surface area (TPSA) is 54.0 Å². The quantitative estimate of drug-likeness (QED) is 0.524. The van der Waals surface area contributed by atoms with Crippen LogP contribution < -0.4 is 14.2 Å². The van der Waals surface area contributed by atoms with Crippen LogP contribution in [0.3, 0.4) is 0 Å². The molecule has 0 aliphatic carbocycles. The summed E-state index contributed by atoms with van der Waals surface area (Å²) in [5.74, 6) is 1.41. The van der Waals surface area contributed by atoms with Crippen LogP contribution in [0.4, 0.5) is 0 Å². The van der Waals surface area contributed by atoms with E-state index in [0.29, 0.717) is 42.6 Å². The largest absolute Gasteiger partial charge is 0.493 e. The third kappa shape index (κ3) is 3.63. The van der Waals surface area contributed by atoms with E-state index in [9.17, 15) is 4.79 Å². The zero-order chi connectivity index (χ0) is 13.4. The Hall–Kier alpha value is -1.75. The Morgan fingerprint density at radius 2 is 1.72 bits per heavy atom. The minimum atomic E-state index is 0.390. The Bertz CT molecular complexity index is 364. The first-order valence-electron chi connectivity index (χ1n) is 5.68. The fraction of sp³-hybridized carbons (Fsp3) is 0.462. The number of methoxy groups -OCH3 is 2. The average Bonchev–Trinajstić information content (AvgIpc) is 2.42. The normalized spacial score (nSPS) is 9.94. The first kappa shape index (κ1) is 14.3. The smallest absolute Gasteiger partial charge is 0.203 e. The summed E-state index contributed by atoms with van der Waals surface area (Å²) in [6.07, 6.45) is 0.731. The van der Waals surface area contributed by atoms with Crippen molar-refractivity contribution in [3.63, 3.8) is 0 Å². The zero-order valence-corrected chi connectivity index (χ0v) is 10.9. The molecule has 0 radical (unpaired) electrons. The second-order valence-corrected chi connectivity index (χ2v) is 3.42. The summed E-state index contributed by atoms with van der Waals surface area (Å²) in [6, 6.07) is 3.21. The molecule has 0 bridgehead atoms. The molecule has 0 amide bonds. The minimum absolute atomic E-state index is 0.390. The Kier molecular flexibility index (Phi) is 6.00. The van der Waals surface area contributed by atoms with E-state index >= 15 is 0 Å². The van der Waals surface area contributed by atoms with Crippen molar-refractivity contribution < 1.29 is 23.7 Å². The van der Waals surface area contributed by atoms with Crippen LogP contribution in [0.1, 0.15) is 17.3 Å². The number of rotatable bonds is 8. The maximum atomic E-state index is 10.8. The first-order chi connectivity index (χ1) is 8.76. The SMILES string of the molecule is CCOCCOc1c(OC)cc(C=O)cc1OC. The lowest BCUT2D eigenvalue weighted by atomic mass is 10.2. The fourth-order valence-corrected chi connectivity index (χ4v) is 1.46. The number of hydrogen-bond acceptors (Lipinski definition) is 5. The molecular weight excluding hydrogens is 236 g/mol. The Morgan fingerprint density at radius 3 is 2.17 bits per heavy atom. The van der Waals surface area contributed by atoms with Gasteiger partial charge < -0.3 is 18.9 Å². The molecule has 1 aromatic rings. The van der Waals surface area contributed by atoms with Gasteiger partial charge >= 0.3 is 0 Å². The Morgan fingerprint density at radius 1 is 1.11 bits per heavy atom. The lowest BCUT2D eigenvalue weighted by Crippen LogP contribution is -2.08. The van der Waals surface area contributed by atoms with Gasteiger partial charge in [0.1, 0.15) is 12.9 Å². The summed E-state index contributed by atoms with van der Waals surface area (Å²) in [7, 11) is 3.03. The molecule has 0 N–H and O–H groups in total. The maximum absolute atomic E-state index is 10.8. The molecule has 0 spiro atoms. The number of carbonyl (C=O) groups is 1. The van der Waals surface area contributed by atoms with E-state index in [-0.39, 0.29) is 0 Å². The third-order valence-corrected chi connectivity index (χ3v) is 2.30.